The van der Waals surface area contributed by atoms with Crippen molar-refractivity contribution in [1.82, 2.24) is 45.9 Å². The Bertz CT molecular complexity index is 4760. The number of benzene rings is 3. The zero-order valence-corrected chi connectivity index (χ0v) is 61.9. The molecule has 107 heavy (non-hydrogen) atoms. The van der Waals surface area contributed by atoms with E-state index in [1.54, 1.807) is 67.1 Å². The molecule has 3 aliphatic carbocycles. The summed E-state index contributed by atoms with van der Waals surface area (Å²) in [6, 6.07) is 37.3. The van der Waals surface area contributed by atoms with Gasteiger partial charge in [-0.05, 0) is 196 Å². The van der Waals surface area contributed by atoms with Crippen LogP contribution in [-0.2, 0) is 46.9 Å². The Kier molecular flexibility index (Phi) is 27.8. The summed E-state index contributed by atoms with van der Waals surface area (Å²) in [6.07, 6.45) is 22.8. The first-order valence-corrected chi connectivity index (χ1v) is 38.6. The highest BCUT2D eigenvalue weighted by Gasteiger charge is 2.27. The Labute approximate surface area is 633 Å². The number of nitrogens with one attached hydrogen (secondary N) is 3. The largest absolute Gasteiger partial charge is 0.481 e. The summed E-state index contributed by atoms with van der Waals surface area (Å²) in [5.41, 5.74) is 15.7. The standard InChI is InChI=1S/2C28H28FN3O2S.C22H21FN4OS.C5H8O2.CH4/c2*1-2-10-30-16-20-5-7-23(32-17-20)27-15-24-28(35-27)26(9-11-31-24)34-25-8-6-19(14-22(25)29)13-21(33)12-18-3-4-18;1-2-8-25-12-14-3-5-17(27-13-14)21-11-18-22(29-21)20(7-9-26-18)28-19-6-4-15(24)10-16(19)23;6-5(7)3-4-1-2-4;/h2*5-9,11,14-15,17-18,30H,2-4,10,12-13,16H2,1H3;3-7,9-11,13,25H,2,8,12,24H2,1H3;4H,1-3H2,(H,6,7);1H4. The van der Waals surface area contributed by atoms with Gasteiger partial charge in [0.25, 0.3) is 0 Å². The van der Waals surface area contributed by atoms with Gasteiger partial charge in [-0.3, -0.25) is 44.3 Å². The fraction of sp³-hybridized carbons (Fsp3) is 0.321. The molecule has 0 unspecified atom stereocenters. The summed E-state index contributed by atoms with van der Waals surface area (Å²) < 4.78 is 64.0. The van der Waals surface area contributed by atoms with Crippen LogP contribution in [0.3, 0.4) is 0 Å². The number of thiophene rings is 3. The van der Waals surface area contributed by atoms with E-state index in [1.807, 2.05) is 55.0 Å². The number of carboxylic acids is 1. The van der Waals surface area contributed by atoms with Crippen LogP contribution in [0.15, 0.2) is 165 Å². The van der Waals surface area contributed by atoms with Gasteiger partial charge < -0.3 is 41.0 Å². The fourth-order valence-electron chi connectivity index (χ4n) is 11.5. The monoisotopic (exact) mass is 1500 g/mol. The molecular formula is C84H89F3N10O7S3. The second kappa shape index (κ2) is 38.1. The lowest BCUT2D eigenvalue weighted by Gasteiger charge is -2.09. The lowest BCUT2D eigenvalue weighted by Crippen LogP contribution is -2.13. The lowest BCUT2D eigenvalue weighted by molar-refractivity contribution is -0.137. The Morgan fingerprint density at radius 1 is 0.430 bits per heavy atom. The molecule has 556 valence electrons. The second-order valence-corrected chi connectivity index (χ2v) is 30.0. The van der Waals surface area contributed by atoms with Crippen LogP contribution in [0.5, 0.6) is 34.5 Å². The maximum absolute atomic E-state index is 14.8. The number of Topliss-reactive ketones (excluding diaryl/α,β-unsaturated/α-hetero) is 2. The highest BCUT2D eigenvalue weighted by molar-refractivity contribution is 7.23. The molecule has 3 aliphatic rings. The average Bonchev–Trinajstić information content (AvgIpc) is 1.67. The van der Waals surface area contributed by atoms with Crippen molar-refractivity contribution in [1.29, 1.82) is 0 Å². The van der Waals surface area contributed by atoms with Gasteiger partial charge in [-0.15, -0.1) is 34.0 Å². The summed E-state index contributed by atoms with van der Waals surface area (Å²) >= 11 is 4.56. The molecule has 3 saturated carbocycles. The van der Waals surface area contributed by atoms with Crippen LogP contribution in [0.25, 0.3) is 62.4 Å². The van der Waals surface area contributed by atoms with Gasteiger partial charge in [-0.2, -0.15) is 0 Å². The number of carbonyl (C=O) groups is 3. The van der Waals surface area contributed by atoms with E-state index in [0.29, 0.717) is 71.1 Å². The summed E-state index contributed by atoms with van der Waals surface area (Å²) in [5, 5.41) is 18.2. The zero-order valence-electron chi connectivity index (χ0n) is 59.5. The van der Waals surface area contributed by atoms with Gasteiger partial charge in [-0.25, -0.2) is 13.2 Å². The number of nitrogens with two attached hydrogens (primary N) is 1. The van der Waals surface area contributed by atoms with Crippen molar-refractivity contribution in [3.63, 3.8) is 0 Å². The Morgan fingerprint density at radius 2 is 0.757 bits per heavy atom. The number of aromatic nitrogens is 6. The molecule has 0 spiro atoms. The van der Waals surface area contributed by atoms with Crippen LogP contribution in [0, 0.1) is 35.2 Å². The number of hydrogen-bond acceptors (Lipinski definition) is 19. The number of pyridine rings is 6. The molecule has 0 radical (unpaired) electrons. The van der Waals surface area contributed by atoms with Crippen LogP contribution in [0.4, 0.5) is 18.9 Å². The van der Waals surface area contributed by atoms with E-state index in [9.17, 15) is 27.6 Å². The van der Waals surface area contributed by atoms with E-state index < -0.39 is 23.4 Å². The SMILES string of the molecule is C.CCCNCc1ccc(-c2cc3nccc(Oc4ccc(CC(=O)CC5CC5)cc4F)c3s2)nc1.CCCNCc1ccc(-c2cc3nccc(Oc4ccc(CC(=O)CC5CC5)cc4F)c3s2)nc1.CCCNCc1ccc(-c2cc3nccc(Oc4ccc(N)cc4F)c3s2)nc1.O=C(O)CC1CC1. The Hall–Kier alpha value is -9.88. The molecule has 12 aromatic rings. The van der Waals surface area contributed by atoms with Crippen molar-refractivity contribution in [3.05, 3.63) is 210 Å². The Balaban J connectivity index is 0.000000152. The highest BCUT2D eigenvalue weighted by Crippen LogP contribution is 2.43. The van der Waals surface area contributed by atoms with Crippen molar-refractivity contribution in [2.24, 2.45) is 17.8 Å². The first-order valence-electron chi connectivity index (χ1n) is 36.1. The van der Waals surface area contributed by atoms with E-state index in [1.165, 1.54) is 58.3 Å². The van der Waals surface area contributed by atoms with Crippen LogP contribution >= 0.6 is 34.0 Å². The number of rotatable bonds is 31. The molecule has 9 heterocycles. The Morgan fingerprint density at radius 3 is 1.05 bits per heavy atom. The number of ketones is 2. The topological polar surface area (TPSA) is 239 Å². The number of carboxylic acid groups (broad SMARTS) is 1. The van der Waals surface area contributed by atoms with Crippen LogP contribution in [0.1, 0.15) is 133 Å². The summed E-state index contributed by atoms with van der Waals surface area (Å²) in [7, 11) is 0. The maximum Gasteiger partial charge on any atom is 0.303 e. The minimum absolute atomic E-state index is 0. The quantitative estimate of drug-likeness (QED) is 0.0200. The molecule has 17 nitrogen and oxygen atoms in total. The number of hydrogen-bond donors (Lipinski definition) is 5. The lowest BCUT2D eigenvalue weighted by atomic mass is 10.0. The molecule has 3 aromatic carbocycles. The predicted octanol–water partition coefficient (Wildman–Crippen LogP) is 20.3. The molecule has 0 amide bonds. The molecular weight excluding hydrogens is 1410 g/mol. The van der Waals surface area contributed by atoms with Crippen LogP contribution in [-0.4, -0.2) is 72.2 Å². The van der Waals surface area contributed by atoms with Gasteiger partial charge in [0.1, 0.15) is 28.8 Å². The molecule has 0 saturated heterocycles. The van der Waals surface area contributed by atoms with Crippen molar-refractivity contribution in [3.8, 4) is 66.2 Å². The van der Waals surface area contributed by atoms with Gasteiger partial charge >= 0.3 is 5.97 Å². The number of halogens is 3. The van der Waals surface area contributed by atoms with E-state index >= 15 is 0 Å². The molecule has 0 atom stereocenters. The van der Waals surface area contributed by atoms with Crippen LogP contribution in [0.2, 0.25) is 0 Å². The highest BCUT2D eigenvalue weighted by atomic mass is 32.1. The van der Waals surface area contributed by atoms with Gasteiger partial charge in [0.05, 0.1) is 62.4 Å². The van der Waals surface area contributed by atoms with Gasteiger partial charge in [0.2, 0.25) is 0 Å². The minimum Gasteiger partial charge on any atom is -0.481 e. The number of fused-ring (bicyclic) bond motifs is 3. The minimum atomic E-state index is -0.650. The molecule has 0 bridgehead atoms. The van der Waals surface area contributed by atoms with E-state index in [2.05, 4.69) is 84.8 Å². The molecule has 23 heteroatoms. The summed E-state index contributed by atoms with van der Waals surface area (Å²) in [5.74, 6) is 1.87. The molecule has 9 aromatic heterocycles. The van der Waals surface area contributed by atoms with Crippen molar-refractivity contribution < 1.29 is 46.9 Å². The fourth-order valence-corrected chi connectivity index (χ4v) is 14.6. The number of nitrogens with zero attached hydrogens (tertiary/aromatic N) is 6. The zero-order chi connectivity index (χ0) is 73.9. The molecule has 6 N–H and O–H groups in total. The smallest absolute Gasteiger partial charge is 0.303 e. The number of ether oxygens (including phenoxy) is 3. The third-order valence-corrected chi connectivity index (χ3v) is 21.1. The number of carbonyl (C=O) groups excluding carboxylic acids is 2. The molecule has 3 fully saturated rings. The van der Waals surface area contributed by atoms with Crippen molar-refractivity contribution in [2.75, 3.05) is 25.4 Å². The molecule has 0 aliphatic heterocycles. The van der Waals surface area contributed by atoms with E-state index in [4.69, 9.17) is 25.1 Å². The van der Waals surface area contributed by atoms with Crippen molar-refractivity contribution in [2.45, 2.75) is 138 Å². The van der Waals surface area contributed by atoms with E-state index in [0.717, 1.165) is 176 Å². The molecule has 15 rings (SSSR count). The summed E-state index contributed by atoms with van der Waals surface area (Å²) in [4.78, 5) is 64.2. The third-order valence-electron chi connectivity index (χ3n) is 17.6. The third kappa shape index (κ3) is 22.8. The average molecular weight is 1500 g/mol. The van der Waals surface area contributed by atoms with Gasteiger partial charge in [0, 0.05) is 119 Å². The second-order valence-electron chi connectivity index (χ2n) is 26.9. The first-order chi connectivity index (χ1) is 51.6. The van der Waals surface area contributed by atoms with Crippen molar-refractivity contribution >= 4 is 87.9 Å². The maximum atomic E-state index is 14.8. The summed E-state index contributed by atoms with van der Waals surface area (Å²) in [6.45, 7) is 11.8. The van der Waals surface area contributed by atoms with Crippen LogP contribution < -0.4 is 35.9 Å². The number of aliphatic carboxylic acids is 1. The number of nitrogen functional groups attached to an aromatic ring is 1. The number of anilines is 1. The normalized spacial score (nSPS) is 13.0. The predicted molar refractivity (Wildman–Crippen MR) is 422 cm³/mol. The van der Waals surface area contributed by atoms with Gasteiger partial charge in [0.15, 0.2) is 34.7 Å². The van der Waals surface area contributed by atoms with Gasteiger partial charge in [-0.1, -0.05) is 58.5 Å². The van der Waals surface area contributed by atoms with E-state index in [-0.39, 0.29) is 49.1 Å². The first kappa shape index (κ1) is 78.2.